The molecule has 0 saturated heterocycles. The van der Waals surface area contributed by atoms with Crippen LogP contribution in [0.5, 0.6) is 5.75 Å². The first-order valence-electron chi connectivity index (χ1n) is 6.40. The van der Waals surface area contributed by atoms with Crippen LogP contribution >= 0.6 is 0 Å². The average molecular weight is 265 g/mol. The van der Waals surface area contributed by atoms with Crippen LogP contribution in [0.4, 0.5) is 0 Å². The normalized spacial score (nSPS) is 11.3. The fourth-order valence-electron chi connectivity index (χ4n) is 2.05. The van der Waals surface area contributed by atoms with Gasteiger partial charge in [-0.2, -0.15) is 0 Å². The highest BCUT2D eigenvalue weighted by molar-refractivity contribution is 5.83. The van der Waals surface area contributed by atoms with Crippen molar-refractivity contribution in [1.29, 1.82) is 0 Å². The lowest BCUT2D eigenvalue weighted by Crippen LogP contribution is -2.42. The van der Waals surface area contributed by atoms with Crippen molar-refractivity contribution in [3.05, 3.63) is 28.8 Å². The third-order valence-corrected chi connectivity index (χ3v) is 2.94. The second kappa shape index (κ2) is 6.06. The van der Waals surface area contributed by atoms with Crippen molar-refractivity contribution in [2.75, 3.05) is 13.7 Å². The molecular weight excluding hydrogens is 242 g/mol. The zero-order valence-corrected chi connectivity index (χ0v) is 12.3. The Labute approximate surface area is 114 Å². The second-order valence-corrected chi connectivity index (χ2v) is 5.34. The maximum absolute atomic E-state index is 11.6. The third kappa shape index (κ3) is 4.24. The topological polar surface area (TPSA) is 58.6 Å². The maximum atomic E-state index is 11.6. The summed E-state index contributed by atoms with van der Waals surface area (Å²) in [4.78, 5) is 11.6. The number of aliphatic hydroxyl groups is 1. The molecule has 1 aromatic carbocycles. The molecule has 4 heteroatoms. The van der Waals surface area contributed by atoms with Gasteiger partial charge in [0.1, 0.15) is 11.4 Å². The van der Waals surface area contributed by atoms with E-state index in [0.717, 1.165) is 16.9 Å². The van der Waals surface area contributed by atoms with Crippen LogP contribution < -0.4 is 10.1 Å². The first-order valence-corrected chi connectivity index (χ1v) is 6.40. The third-order valence-electron chi connectivity index (χ3n) is 2.94. The Morgan fingerprint density at radius 3 is 2.53 bits per heavy atom. The minimum Gasteiger partial charge on any atom is -0.496 e. The van der Waals surface area contributed by atoms with Crippen LogP contribution in [0, 0.1) is 13.8 Å². The number of ether oxygens (including phenoxy) is 1. The molecular formula is C15H23NO3. The standard InChI is InChI=1S/C15H23NO3/c1-10-8-11(2)13(19-5)12(9-10)6-7-16-14(17)15(3,4)18/h8-9,18H,6-7H2,1-5H3,(H,16,17). The van der Waals surface area contributed by atoms with Crippen molar-refractivity contribution in [3.8, 4) is 5.75 Å². The molecule has 0 saturated carbocycles. The molecule has 0 heterocycles. The quantitative estimate of drug-likeness (QED) is 0.852. The molecule has 2 N–H and O–H groups in total. The molecule has 0 aliphatic heterocycles. The Morgan fingerprint density at radius 1 is 1.37 bits per heavy atom. The number of aryl methyl sites for hydroxylation is 2. The summed E-state index contributed by atoms with van der Waals surface area (Å²) in [6.07, 6.45) is 0.674. The van der Waals surface area contributed by atoms with Crippen molar-refractivity contribution in [2.45, 2.75) is 39.7 Å². The van der Waals surface area contributed by atoms with Gasteiger partial charge < -0.3 is 15.2 Å². The van der Waals surface area contributed by atoms with Crippen LogP contribution in [-0.4, -0.2) is 30.3 Å². The lowest BCUT2D eigenvalue weighted by atomic mass is 10.0. The van der Waals surface area contributed by atoms with Gasteiger partial charge in [0.15, 0.2) is 0 Å². The van der Waals surface area contributed by atoms with Crippen LogP contribution in [0.25, 0.3) is 0 Å². The summed E-state index contributed by atoms with van der Waals surface area (Å²) in [6, 6.07) is 4.12. The smallest absolute Gasteiger partial charge is 0.251 e. The van der Waals surface area contributed by atoms with Crippen LogP contribution in [0.15, 0.2) is 12.1 Å². The van der Waals surface area contributed by atoms with Gasteiger partial charge in [0, 0.05) is 6.54 Å². The Hall–Kier alpha value is -1.55. The van der Waals surface area contributed by atoms with E-state index < -0.39 is 5.60 Å². The predicted octanol–water partition coefficient (Wildman–Crippen LogP) is 1.74. The molecule has 1 aromatic rings. The first kappa shape index (κ1) is 15.5. The van der Waals surface area contributed by atoms with Gasteiger partial charge in [0.2, 0.25) is 0 Å². The Bertz CT molecular complexity index is 461. The fraction of sp³-hybridized carbons (Fsp3) is 0.533. The van der Waals surface area contributed by atoms with E-state index in [-0.39, 0.29) is 5.91 Å². The van der Waals surface area contributed by atoms with E-state index in [9.17, 15) is 9.90 Å². The van der Waals surface area contributed by atoms with Crippen molar-refractivity contribution >= 4 is 5.91 Å². The molecule has 1 amide bonds. The van der Waals surface area contributed by atoms with E-state index in [0.29, 0.717) is 13.0 Å². The number of carbonyl (C=O) groups excluding carboxylic acids is 1. The number of nitrogens with one attached hydrogen (secondary N) is 1. The highest BCUT2D eigenvalue weighted by Crippen LogP contribution is 2.25. The van der Waals surface area contributed by atoms with Crippen LogP contribution in [-0.2, 0) is 11.2 Å². The summed E-state index contributed by atoms with van der Waals surface area (Å²) in [6.45, 7) is 7.46. The molecule has 0 aliphatic rings. The summed E-state index contributed by atoms with van der Waals surface area (Å²) in [7, 11) is 1.65. The molecule has 1 rings (SSSR count). The Morgan fingerprint density at radius 2 is 2.00 bits per heavy atom. The van der Waals surface area contributed by atoms with E-state index in [1.54, 1.807) is 7.11 Å². The molecule has 19 heavy (non-hydrogen) atoms. The maximum Gasteiger partial charge on any atom is 0.251 e. The largest absolute Gasteiger partial charge is 0.496 e. The molecule has 0 unspecified atom stereocenters. The lowest BCUT2D eigenvalue weighted by Gasteiger charge is -2.17. The van der Waals surface area contributed by atoms with Crippen molar-refractivity contribution in [1.82, 2.24) is 5.32 Å². The van der Waals surface area contributed by atoms with Gasteiger partial charge in [-0.3, -0.25) is 4.79 Å². The summed E-state index contributed by atoms with van der Waals surface area (Å²) in [5.74, 6) is 0.499. The van der Waals surface area contributed by atoms with E-state index in [1.807, 2.05) is 13.8 Å². The van der Waals surface area contributed by atoms with Gasteiger partial charge in [-0.15, -0.1) is 0 Å². The molecule has 0 bridgehead atoms. The van der Waals surface area contributed by atoms with Crippen LogP contribution in [0.2, 0.25) is 0 Å². The van der Waals surface area contributed by atoms with E-state index in [1.165, 1.54) is 19.4 Å². The molecule has 0 spiro atoms. The summed E-state index contributed by atoms with van der Waals surface area (Å²) in [5, 5.41) is 12.3. The number of rotatable bonds is 5. The second-order valence-electron chi connectivity index (χ2n) is 5.34. The van der Waals surface area contributed by atoms with Gasteiger partial charge in [-0.1, -0.05) is 17.7 Å². The Kier molecular flexibility index (Phi) is 4.95. The predicted molar refractivity (Wildman–Crippen MR) is 75.5 cm³/mol. The van der Waals surface area contributed by atoms with Crippen molar-refractivity contribution < 1.29 is 14.6 Å². The summed E-state index contributed by atoms with van der Waals surface area (Å²) < 4.78 is 5.39. The Balaban J connectivity index is 2.71. The molecule has 0 fully saturated rings. The summed E-state index contributed by atoms with van der Waals surface area (Å²) in [5.41, 5.74) is 1.98. The fourth-order valence-corrected chi connectivity index (χ4v) is 2.05. The van der Waals surface area contributed by atoms with Crippen molar-refractivity contribution in [2.24, 2.45) is 0 Å². The molecule has 106 valence electrons. The monoisotopic (exact) mass is 265 g/mol. The zero-order valence-electron chi connectivity index (χ0n) is 12.3. The zero-order chi connectivity index (χ0) is 14.6. The average Bonchev–Trinajstić information content (AvgIpc) is 2.27. The number of methoxy groups -OCH3 is 1. The highest BCUT2D eigenvalue weighted by Gasteiger charge is 2.22. The molecule has 0 radical (unpaired) electrons. The lowest BCUT2D eigenvalue weighted by molar-refractivity contribution is -0.136. The first-order chi connectivity index (χ1) is 8.75. The van der Waals surface area contributed by atoms with Crippen LogP contribution in [0.3, 0.4) is 0 Å². The summed E-state index contributed by atoms with van der Waals surface area (Å²) >= 11 is 0. The molecule has 0 atom stereocenters. The van der Waals surface area contributed by atoms with E-state index in [2.05, 4.69) is 17.4 Å². The molecule has 0 aromatic heterocycles. The number of benzene rings is 1. The minimum absolute atomic E-state index is 0.365. The van der Waals surface area contributed by atoms with Crippen molar-refractivity contribution in [3.63, 3.8) is 0 Å². The number of carbonyl (C=O) groups is 1. The highest BCUT2D eigenvalue weighted by atomic mass is 16.5. The van der Waals surface area contributed by atoms with E-state index in [4.69, 9.17) is 4.74 Å². The number of hydrogen-bond donors (Lipinski definition) is 2. The van der Waals surface area contributed by atoms with Gasteiger partial charge in [0.05, 0.1) is 7.11 Å². The number of amides is 1. The minimum atomic E-state index is -1.34. The van der Waals surface area contributed by atoms with E-state index >= 15 is 0 Å². The van der Waals surface area contributed by atoms with Gasteiger partial charge in [-0.25, -0.2) is 0 Å². The van der Waals surface area contributed by atoms with Crippen LogP contribution in [0.1, 0.15) is 30.5 Å². The molecule has 4 nitrogen and oxygen atoms in total. The molecule has 0 aliphatic carbocycles. The van der Waals surface area contributed by atoms with Gasteiger partial charge in [-0.05, 0) is 45.2 Å². The number of hydrogen-bond acceptors (Lipinski definition) is 3. The van der Waals surface area contributed by atoms with Gasteiger partial charge >= 0.3 is 0 Å². The SMILES string of the molecule is COc1c(C)cc(C)cc1CCNC(=O)C(C)(C)O. The van der Waals surface area contributed by atoms with Gasteiger partial charge in [0.25, 0.3) is 5.91 Å².